The van der Waals surface area contributed by atoms with Crippen LogP contribution in [-0.2, 0) is 0 Å². The van der Waals surface area contributed by atoms with Crippen molar-refractivity contribution in [3.8, 4) is 0 Å². The number of non-ortho nitro benzene ring substituents is 1. The van der Waals surface area contributed by atoms with E-state index in [2.05, 4.69) is 10.3 Å². The molecule has 0 saturated heterocycles. The molecule has 0 aliphatic rings. The highest BCUT2D eigenvalue weighted by Crippen LogP contribution is 2.21. The first-order valence-corrected chi connectivity index (χ1v) is 5.83. The van der Waals surface area contributed by atoms with E-state index in [1.54, 1.807) is 6.92 Å². The highest BCUT2D eigenvalue weighted by atomic mass is 19.1. The number of aryl methyl sites for hydroxylation is 1. The average molecular weight is 291 g/mol. The van der Waals surface area contributed by atoms with Gasteiger partial charge in [-0.05, 0) is 13.0 Å². The van der Waals surface area contributed by atoms with Gasteiger partial charge in [0.2, 0.25) is 0 Å². The number of carbonyl (C=O) groups is 1. The molecule has 1 aromatic carbocycles. The number of nitro groups is 1. The minimum Gasteiger partial charge on any atom is -0.364 e. The summed E-state index contributed by atoms with van der Waals surface area (Å²) in [5, 5.41) is 12.8. The Kier molecular flexibility index (Phi) is 3.79. The van der Waals surface area contributed by atoms with Gasteiger partial charge in [0.25, 0.3) is 11.6 Å². The Morgan fingerprint density at radius 2 is 2.10 bits per heavy atom. The van der Waals surface area contributed by atoms with E-state index in [0.29, 0.717) is 5.69 Å². The van der Waals surface area contributed by atoms with Gasteiger partial charge in [0, 0.05) is 30.1 Å². The first-order chi connectivity index (χ1) is 9.88. The molecule has 0 spiro atoms. The number of hydrogen-bond acceptors (Lipinski definition) is 4. The summed E-state index contributed by atoms with van der Waals surface area (Å²) in [5.41, 5.74) is -0.919. The molecule has 0 bridgehead atoms. The number of H-pyrrole nitrogens is 1. The monoisotopic (exact) mass is 291 g/mol. The summed E-state index contributed by atoms with van der Waals surface area (Å²) in [7, 11) is 0. The third-order valence-corrected chi connectivity index (χ3v) is 2.71. The predicted octanol–water partition coefficient (Wildman–Crippen LogP) is 1.98. The zero-order valence-corrected chi connectivity index (χ0v) is 10.8. The Hall–Kier alpha value is -3.03. The van der Waals surface area contributed by atoms with Crippen LogP contribution < -0.4 is 10.7 Å². The number of rotatable bonds is 3. The average Bonchev–Trinajstić information content (AvgIpc) is 2.40. The number of amides is 1. The van der Waals surface area contributed by atoms with Gasteiger partial charge in [-0.15, -0.1) is 0 Å². The number of benzene rings is 1. The van der Waals surface area contributed by atoms with E-state index in [-0.39, 0.29) is 16.9 Å². The third-order valence-electron chi connectivity index (χ3n) is 2.71. The number of anilines is 1. The topological polar surface area (TPSA) is 105 Å². The molecule has 1 aromatic heterocycles. The number of aromatic amines is 1. The van der Waals surface area contributed by atoms with Crippen molar-refractivity contribution in [1.29, 1.82) is 0 Å². The molecule has 2 N–H and O–H groups in total. The second kappa shape index (κ2) is 5.53. The number of nitrogens with one attached hydrogen (secondary N) is 2. The van der Waals surface area contributed by atoms with Gasteiger partial charge in [-0.1, -0.05) is 0 Å². The summed E-state index contributed by atoms with van der Waals surface area (Å²) in [6, 6.07) is 3.95. The predicted molar refractivity (Wildman–Crippen MR) is 72.8 cm³/mol. The molecule has 0 radical (unpaired) electrons. The van der Waals surface area contributed by atoms with Crippen molar-refractivity contribution in [1.82, 2.24) is 4.98 Å². The number of pyridine rings is 1. The first-order valence-electron chi connectivity index (χ1n) is 5.83. The SMILES string of the molecule is Cc1cc(=O)c(C(=O)Nc2cc([N+](=O)[O-])ccc2F)c[nH]1. The van der Waals surface area contributed by atoms with Crippen molar-refractivity contribution in [2.75, 3.05) is 5.32 Å². The molecular weight excluding hydrogens is 281 g/mol. The lowest BCUT2D eigenvalue weighted by atomic mass is 10.2. The fourth-order valence-electron chi connectivity index (χ4n) is 1.66. The van der Waals surface area contributed by atoms with E-state index in [9.17, 15) is 24.1 Å². The maximum atomic E-state index is 13.6. The van der Waals surface area contributed by atoms with Gasteiger partial charge in [-0.3, -0.25) is 19.7 Å². The normalized spacial score (nSPS) is 10.2. The summed E-state index contributed by atoms with van der Waals surface area (Å²) in [6.07, 6.45) is 1.20. The van der Waals surface area contributed by atoms with Gasteiger partial charge in [0.15, 0.2) is 5.43 Å². The molecule has 0 unspecified atom stereocenters. The summed E-state index contributed by atoms with van der Waals surface area (Å²) >= 11 is 0. The highest BCUT2D eigenvalue weighted by Gasteiger charge is 2.16. The van der Waals surface area contributed by atoms with Crippen LogP contribution in [0.3, 0.4) is 0 Å². The summed E-state index contributed by atoms with van der Waals surface area (Å²) < 4.78 is 13.6. The summed E-state index contributed by atoms with van der Waals surface area (Å²) in [5.74, 6) is -1.69. The van der Waals surface area contributed by atoms with E-state index in [0.717, 1.165) is 18.2 Å². The fourth-order valence-corrected chi connectivity index (χ4v) is 1.66. The second-order valence-corrected chi connectivity index (χ2v) is 4.27. The van der Waals surface area contributed by atoms with Crippen LogP contribution in [0.25, 0.3) is 0 Å². The molecule has 0 aliphatic heterocycles. The van der Waals surface area contributed by atoms with Crippen LogP contribution in [0.1, 0.15) is 16.1 Å². The fraction of sp³-hybridized carbons (Fsp3) is 0.0769. The van der Waals surface area contributed by atoms with Crippen LogP contribution in [-0.4, -0.2) is 15.8 Å². The summed E-state index contributed by atoms with van der Waals surface area (Å²) in [6.45, 7) is 1.64. The minimum absolute atomic E-state index is 0.216. The quantitative estimate of drug-likeness (QED) is 0.666. The smallest absolute Gasteiger partial charge is 0.271 e. The van der Waals surface area contributed by atoms with Crippen molar-refractivity contribution in [3.63, 3.8) is 0 Å². The van der Waals surface area contributed by atoms with E-state index < -0.39 is 22.1 Å². The van der Waals surface area contributed by atoms with E-state index in [1.807, 2.05) is 0 Å². The molecule has 21 heavy (non-hydrogen) atoms. The zero-order chi connectivity index (χ0) is 15.6. The van der Waals surface area contributed by atoms with Crippen molar-refractivity contribution in [3.05, 3.63) is 67.9 Å². The molecule has 108 valence electrons. The number of hydrogen-bond donors (Lipinski definition) is 2. The van der Waals surface area contributed by atoms with Gasteiger partial charge < -0.3 is 10.3 Å². The maximum Gasteiger partial charge on any atom is 0.271 e. The van der Waals surface area contributed by atoms with Crippen molar-refractivity contribution in [2.24, 2.45) is 0 Å². The van der Waals surface area contributed by atoms with Crippen molar-refractivity contribution >= 4 is 17.3 Å². The molecule has 2 rings (SSSR count). The molecule has 0 aliphatic carbocycles. The van der Waals surface area contributed by atoms with E-state index >= 15 is 0 Å². The molecule has 0 fully saturated rings. The molecule has 1 heterocycles. The molecule has 7 nitrogen and oxygen atoms in total. The van der Waals surface area contributed by atoms with E-state index in [4.69, 9.17) is 0 Å². The molecule has 1 amide bonds. The summed E-state index contributed by atoms with van der Waals surface area (Å²) in [4.78, 5) is 36.2. The Morgan fingerprint density at radius 1 is 1.38 bits per heavy atom. The Labute approximate surface area is 117 Å². The van der Waals surface area contributed by atoms with Crippen LogP contribution in [0, 0.1) is 22.9 Å². The second-order valence-electron chi connectivity index (χ2n) is 4.27. The van der Waals surface area contributed by atoms with Gasteiger partial charge in [-0.2, -0.15) is 0 Å². The van der Waals surface area contributed by atoms with Gasteiger partial charge in [0.1, 0.15) is 11.4 Å². The Morgan fingerprint density at radius 3 is 2.71 bits per heavy atom. The third kappa shape index (κ3) is 3.11. The zero-order valence-electron chi connectivity index (χ0n) is 10.8. The standard InChI is InChI=1S/C13H10FN3O4/c1-7-4-12(18)9(6-15-7)13(19)16-11-5-8(17(20)21)2-3-10(11)14/h2-6H,1H3,(H,15,18)(H,16,19). The van der Waals surface area contributed by atoms with Crippen LogP contribution in [0.15, 0.2) is 35.3 Å². The molecule has 8 heteroatoms. The largest absolute Gasteiger partial charge is 0.364 e. The lowest BCUT2D eigenvalue weighted by Gasteiger charge is -2.06. The number of aromatic nitrogens is 1. The lowest BCUT2D eigenvalue weighted by molar-refractivity contribution is -0.384. The number of nitro benzene ring substituents is 1. The van der Waals surface area contributed by atoms with Crippen molar-refractivity contribution in [2.45, 2.75) is 6.92 Å². The van der Waals surface area contributed by atoms with Crippen LogP contribution in [0.2, 0.25) is 0 Å². The highest BCUT2D eigenvalue weighted by molar-refractivity contribution is 6.04. The number of nitrogens with zero attached hydrogens (tertiary/aromatic N) is 1. The van der Waals surface area contributed by atoms with Gasteiger partial charge >= 0.3 is 0 Å². The lowest BCUT2D eigenvalue weighted by Crippen LogP contribution is -2.22. The number of carbonyl (C=O) groups excluding carboxylic acids is 1. The Balaban J connectivity index is 2.33. The first kappa shape index (κ1) is 14.4. The number of halogens is 1. The minimum atomic E-state index is -0.851. The van der Waals surface area contributed by atoms with E-state index in [1.165, 1.54) is 12.3 Å². The molecular formula is C13H10FN3O4. The molecule has 0 atom stereocenters. The van der Waals surface area contributed by atoms with Gasteiger partial charge in [0.05, 0.1) is 10.6 Å². The van der Waals surface area contributed by atoms with Crippen molar-refractivity contribution < 1.29 is 14.1 Å². The van der Waals surface area contributed by atoms with Crippen LogP contribution in [0.4, 0.5) is 15.8 Å². The van der Waals surface area contributed by atoms with Crippen LogP contribution >= 0.6 is 0 Å². The maximum absolute atomic E-state index is 13.6. The Bertz CT molecular complexity index is 785. The van der Waals surface area contributed by atoms with Gasteiger partial charge in [-0.25, -0.2) is 4.39 Å². The van der Waals surface area contributed by atoms with Crippen LogP contribution in [0.5, 0.6) is 0 Å². The molecule has 2 aromatic rings. The molecule has 0 saturated carbocycles.